The first kappa shape index (κ1) is 65.1. The number of carbonyl (C=O) groups is 6. The number of phosphoric ester groups is 1. The normalized spacial score (nSPS) is 13.8. The minimum Gasteiger partial charge on any atom is -0.756 e. The van der Waals surface area contributed by atoms with E-state index in [0.29, 0.717) is 17.9 Å². The third-order valence-electron chi connectivity index (χ3n) is 11.8. The van der Waals surface area contributed by atoms with E-state index in [-0.39, 0.29) is 87.7 Å². The molecule has 1 aliphatic rings. The van der Waals surface area contributed by atoms with Crippen LogP contribution >= 0.6 is 7.82 Å². The number of imide groups is 1. The third kappa shape index (κ3) is 40.6. The van der Waals surface area contributed by atoms with Crippen molar-refractivity contribution in [3.63, 3.8) is 0 Å². The van der Waals surface area contributed by atoms with Crippen LogP contribution in [-0.2, 0) is 56.7 Å². The van der Waals surface area contributed by atoms with Crippen molar-refractivity contribution in [3.8, 4) is 0 Å². The van der Waals surface area contributed by atoms with Crippen molar-refractivity contribution in [2.45, 2.75) is 258 Å². The van der Waals surface area contributed by atoms with Gasteiger partial charge < -0.3 is 33.6 Å². The van der Waals surface area contributed by atoms with E-state index in [1.165, 1.54) is 141 Å². The van der Waals surface area contributed by atoms with Gasteiger partial charge in [0.2, 0.25) is 5.91 Å². The summed E-state index contributed by atoms with van der Waals surface area (Å²) in [4.78, 5) is 89.9. The van der Waals surface area contributed by atoms with Crippen LogP contribution in [0.5, 0.6) is 0 Å². The second-order valence-electron chi connectivity index (χ2n) is 18.0. The van der Waals surface area contributed by atoms with Crippen LogP contribution in [0.25, 0.3) is 0 Å². The number of hydrogen-bond acceptors (Lipinski definition) is 13. The quantitative estimate of drug-likeness (QED) is 0.0200. The number of rotatable bonds is 47. The SMILES string of the molecule is CCCCCCCCCCCCCCCCCC(=O)OC[C@H](COP(=O)([O-])OCCNC(=O)CCCC(=O)ON1C(=O)CCC1=O)OC(=O)CCCCCCCCCCCCCCCCC.[Na+]. The maximum atomic E-state index is 12.8. The van der Waals surface area contributed by atoms with Gasteiger partial charge in [0.05, 0.1) is 13.2 Å². The van der Waals surface area contributed by atoms with E-state index in [2.05, 4.69) is 19.2 Å². The van der Waals surface area contributed by atoms with E-state index in [1.807, 2.05) is 0 Å². The maximum Gasteiger partial charge on any atom is 1.00 e. The Morgan fingerprint density at radius 1 is 0.537 bits per heavy atom. The Labute approximate surface area is 426 Å². The molecule has 0 aromatic heterocycles. The predicted molar refractivity (Wildman–Crippen MR) is 253 cm³/mol. The van der Waals surface area contributed by atoms with E-state index in [1.54, 1.807) is 0 Å². The Kier molecular flexibility index (Phi) is 44.0. The standard InChI is InChI=1S/C50H91N2O13P.Na/c1-3-5-7-9-11-13-15-17-19-21-23-25-27-29-31-35-48(56)61-42-44(64-49(57)36-32-30-28-26-24-22-20-18-16-14-12-10-8-6-4-2)43-63-66(59,60)62-41-40-51-45(53)34-33-37-50(58)65-52-46(54)38-39-47(52)55;/h44H,3-43H2,1-2H3,(H,51,53)(H,59,60);/q;+1/p-1/t44-;/m1./s1. The molecule has 1 rings (SSSR count). The molecule has 3 amide bonds. The van der Waals surface area contributed by atoms with Crippen LogP contribution in [-0.4, -0.2) is 73.2 Å². The maximum absolute atomic E-state index is 12.8. The molecule has 17 heteroatoms. The van der Waals surface area contributed by atoms with Crippen molar-refractivity contribution in [1.29, 1.82) is 0 Å². The van der Waals surface area contributed by atoms with Crippen molar-refractivity contribution >= 4 is 43.5 Å². The van der Waals surface area contributed by atoms with Gasteiger partial charge in [-0.1, -0.05) is 194 Å². The van der Waals surface area contributed by atoms with Gasteiger partial charge in [0.1, 0.15) is 6.61 Å². The molecule has 0 aromatic rings. The van der Waals surface area contributed by atoms with Gasteiger partial charge >= 0.3 is 47.5 Å². The molecule has 1 heterocycles. The van der Waals surface area contributed by atoms with E-state index in [9.17, 15) is 38.2 Å². The summed E-state index contributed by atoms with van der Waals surface area (Å²) >= 11 is 0. The average molecular weight is 981 g/mol. The molecule has 0 aromatic carbocycles. The summed E-state index contributed by atoms with van der Waals surface area (Å²) in [5.74, 6) is -3.52. The molecule has 0 bridgehead atoms. The Balaban J connectivity index is 0.0000436. The topological polar surface area (TPSA) is 204 Å². The summed E-state index contributed by atoms with van der Waals surface area (Å²) < 4.78 is 33.3. The molecule has 1 unspecified atom stereocenters. The fourth-order valence-electron chi connectivity index (χ4n) is 7.75. The Morgan fingerprint density at radius 3 is 1.36 bits per heavy atom. The zero-order chi connectivity index (χ0) is 48.4. The molecule has 0 spiro atoms. The summed E-state index contributed by atoms with van der Waals surface area (Å²) in [6.07, 6.45) is 35.0. The second-order valence-corrected chi connectivity index (χ2v) is 19.4. The number of nitrogens with zero attached hydrogens (tertiary/aromatic N) is 1. The van der Waals surface area contributed by atoms with Crippen LogP contribution in [0.4, 0.5) is 0 Å². The fourth-order valence-corrected chi connectivity index (χ4v) is 8.49. The van der Waals surface area contributed by atoms with Gasteiger partial charge in [-0.05, 0) is 19.3 Å². The van der Waals surface area contributed by atoms with E-state index in [4.69, 9.17) is 23.4 Å². The second kappa shape index (κ2) is 45.3. The third-order valence-corrected chi connectivity index (χ3v) is 12.7. The number of hydroxylamine groups is 2. The van der Waals surface area contributed by atoms with Crippen molar-refractivity contribution in [1.82, 2.24) is 10.4 Å². The average Bonchev–Trinajstić information content (AvgIpc) is 3.60. The summed E-state index contributed by atoms with van der Waals surface area (Å²) in [5.41, 5.74) is 0. The first-order chi connectivity index (χ1) is 32.0. The molecule has 0 aliphatic carbocycles. The molecule has 384 valence electrons. The molecule has 0 saturated carbocycles. The summed E-state index contributed by atoms with van der Waals surface area (Å²) in [5, 5.41) is 2.90. The van der Waals surface area contributed by atoms with Crippen LogP contribution in [0.2, 0.25) is 0 Å². The van der Waals surface area contributed by atoms with Gasteiger partial charge in [0.25, 0.3) is 19.6 Å². The number of esters is 2. The van der Waals surface area contributed by atoms with Gasteiger partial charge in [0, 0.05) is 45.1 Å². The molecule has 1 N–H and O–H groups in total. The smallest absolute Gasteiger partial charge is 0.756 e. The molecule has 1 saturated heterocycles. The first-order valence-electron chi connectivity index (χ1n) is 26.3. The first-order valence-corrected chi connectivity index (χ1v) is 27.7. The number of nitrogens with one attached hydrogen (secondary N) is 1. The minimum absolute atomic E-state index is 0. The Hall–Kier alpha value is -1.87. The number of ether oxygens (including phenoxy) is 2. The van der Waals surface area contributed by atoms with Crippen molar-refractivity contribution in [3.05, 3.63) is 0 Å². The predicted octanol–water partition coefficient (Wildman–Crippen LogP) is 8.36. The number of unbranched alkanes of at least 4 members (excludes halogenated alkanes) is 28. The molecular weight excluding hydrogens is 891 g/mol. The van der Waals surface area contributed by atoms with Gasteiger partial charge in [0.15, 0.2) is 6.10 Å². The van der Waals surface area contributed by atoms with Crippen LogP contribution in [0.3, 0.4) is 0 Å². The summed E-state index contributed by atoms with van der Waals surface area (Å²) in [7, 11) is -4.91. The number of carbonyl (C=O) groups excluding carboxylic acids is 6. The van der Waals surface area contributed by atoms with Crippen LogP contribution in [0, 0.1) is 0 Å². The van der Waals surface area contributed by atoms with Crippen molar-refractivity contribution in [2.24, 2.45) is 0 Å². The number of phosphoric acid groups is 1. The van der Waals surface area contributed by atoms with E-state index < -0.39 is 62.8 Å². The van der Waals surface area contributed by atoms with Crippen LogP contribution in [0.1, 0.15) is 251 Å². The number of amides is 3. The molecular formula is C50H90N2NaO13P. The largest absolute Gasteiger partial charge is 1.00 e. The van der Waals surface area contributed by atoms with Gasteiger partial charge in [-0.25, -0.2) is 4.79 Å². The molecule has 0 radical (unpaired) electrons. The molecule has 2 atom stereocenters. The monoisotopic (exact) mass is 981 g/mol. The molecule has 67 heavy (non-hydrogen) atoms. The summed E-state index contributed by atoms with van der Waals surface area (Å²) in [6.45, 7) is 2.86. The Morgan fingerprint density at radius 2 is 0.925 bits per heavy atom. The van der Waals surface area contributed by atoms with Crippen molar-refractivity contribution in [2.75, 3.05) is 26.4 Å². The van der Waals surface area contributed by atoms with E-state index in [0.717, 1.165) is 38.5 Å². The zero-order valence-corrected chi connectivity index (χ0v) is 45.2. The molecule has 15 nitrogen and oxygen atoms in total. The zero-order valence-electron chi connectivity index (χ0n) is 42.3. The van der Waals surface area contributed by atoms with Crippen molar-refractivity contribution < 1.29 is 91.1 Å². The molecule has 1 fully saturated rings. The van der Waals surface area contributed by atoms with Crippen LogP contribution < -0.4 is 39.8 Å². The minimum atomic E-state index is -4.91. The summed E-state index contributed by atoms with van der Waals surface area (Å²) in [6, 6.07) is 0. The van der Waals surface area contributed by atoms with Gasteiger partial charge in [-0.15, -0.1) is 5.06 Å². The van der Waals surface area contributed by atoms with E-state index >= 15 is 0 Å². The van der Waals surface area contributed by atoms with Gasteiger partial charge in [-0.2, -0.15) is 0 Å². The molecule has 1 aliphatic heterocycles. The fraction of sp³-hybridized carbons (Fsp3) is 0.880. The Bertz CT molecular complexity index is 1340. The van der Waals surface area contributed by atoms with Crippen LogP contribution in [0.15, 0.2) is 0 Å². The van der Waals surface area contributed by atoms with Gasteiger partial charge in [-0.3, -0.25) is 28.5 Å². The number of hydrogen-bond donors (Lipinski definition) is 1.